The quantitative estimate of drug-likeness (QED) is 0.768. The van der Waals surface area contributed by atoms with Crippen molar-refractivity contribution in [2.75, 3.05) is 11.9 Å². The number of anilines is 1. The van der Waals surface area contributed by atoms with Crippen LogP contribution >= 0.6 is 38.9 Å². The van der Waals surface area contributed by atoms with Crippen molar-refractivity contribution in [2.24, 2.45) is 0 Å². The SMILES string of the molecule is O=C(Nc1cccc(Br)c1)C1CCCN1S(=O)(=O)c1ccc(Cl)s1. The number of carbonyl (C=O) groups is 1. The lowest BCUT2D eigenvalue weighted by Crippen LogP contribution is -2.42. The van der Waals surface area contributed by atoms with E-state index >= 15 is 0 Å². The first-order chi connectivity index (χ1) is 11.4. The third-order valence-electron chi connectivity index (χ3n) is 3.71. The van der Waals surface area contributed by atoms with Crippen molar-refractivity contribution >= 4 is 60.5 Å². The molecule has 24 heavy (non-hydrogen) atoms. The van der Waals surface area contributed by atoms with Crippen molar-refractivity contribution in [2.45, 2.75) is 23.1 Å². The number of rotatable bonds is 4. The first-order valence-electron chi connectivity index (χ1n) is 7.21. The van der Waals surface area contributed by atoms with E-state index in [0.29, 0.717) is 29.4 Å². The van der Waals surface area contributed by atoms with E-state index in [2.05, 4.69) is 21.2 Å². The third kappa shape index (κ3) is 3.67. The highest BCUT2D eigenvalue weighted by molar-refractivity contribution is 9.10. The Labute approximate surface area is 157 Å². The molecule has 9 heteroatoms. The van der Waals surface area contributed by atoms with Gasteiger partial charge in [0, 0.05) is 16.7 Å². The maximum Gasteiger partial charge on any atom is 0.253 e. The van der Waals surface area contributed by atoms with E-state index in [1.165, 1.54) is 10.4 Å². The molecule has 1 aromatic carbocycles. The molecular formula is C15H14BrClN2O3S2. The highest BCUT2D eigenvalue weighted by Crippen LogP contribution is 2.32. The molecule has 2 aromatic rings. The second-order valence-electron chi connectivity index (χ2n) is 5.33. The van der Waals surface area contributed by atoms with Crippen LogP contribution in [0.25, 0.3) is 0 Å². The number of amides is 1. The minimum Gasteiger partial charge on any atom is -0.325 e. The largest absolute Gasteiger partial charge is 0.325 e. The number of sulfonamides is 1. The Bertz CT molecular complexity index is 869. The predicted octanol–water partition coefficient (Wildman–Crippen LogP) is 3.96. The molecule has 1 N–H and O–H groups in total. The van der Waals surface area contributed by atoms with Crippen LogP contribution in [0.3, 0.4) is 0 Å². The Hall–Kier alpha value is -0.930. The van der Waals surface area contributed by atoms with E-state index in [0.717, 1.165) is 15.8 Å². The molecule has 1 aliphatic rings. The number of hydrogen-bond donors (Lipinski definition) is 1. The van der Waals surface area contributed by atoms with Crippen LogP contribution in [-0.4, -0.2) is 31.2 Å². The lowest BCUT2D eigenvalue weighted by Gasteiger charge is -2.22. The highest BCUT2D eigenvalue weighted by Gasteiger charge is 2.40. The number of hydrogen-bond acceptors (Lipinski definition) is 4. The zero-order valence-electron chi connectivity index (χ0n) is 12.4. The van der Waals surface area contributed by atoms with Gasteiger partial charge in [-0.15, -0.1) is 11.3 Å². The van der Waals surface area contributed by atoms with Gasteiger partial charge < -0.3 is 5.32 Å². The van der Waals surface area contributed by atoms with Gasteiger partial charge in [-0.05, 0) is 43.2 Å². The van der Waals surface area contributed by atoms with Crippen molar-refractivity contribution in [1.82, 2.24) is 4.31 Å². The Morgan fingerprint density at radius 3 is 2.79 bits per heavy atom. The summed E-state index contributed by atoms with van der Waals surface area (Å²) in [6.45, 7) is 0.328. The van der Waals surface area contributed by atoms with Crippen LogP contribution in [0.2, 0.25) is 4.34 Å². The monoisotopic (exact) mass is 448 g/mol. The summed E-state index contributed by atoms with van der Waals surface area (Å²) in [4.78, 5) is 12.6. The number of benzene rings is 1. The van der Waals surface area contributed by atoms with Crippen LogP contribution in [0.1, 0.15) is 12.8 Å². The third-order valence-corrected chi connectivity index (χ3v) is 7.81. The zero-order chi connectivity index (χ0) is 17.3. The molecular weight excluding hydrogens is 436 g/mol. The number of halogens is 2. The van der Waals surface area contributed by atoms with Crippen LogP contribution in [0, 0.1) is 0 Å². The summed E-state index contributed by atoms with van der Waals surface area (Å²) in [5, 5.41) is 2.79. The fraction of sp³-hybridized carbons (Fsp3) is 0.267. The van der Waals surface area contributed by atoms with Crippen LogP contribution < -0.4 is 5.32 Å². The average molecular weight is 450 g/mol. The van der Waals surface area contributed by atoms with Gasteiger partial charge in [0.25, 0.3) is 10.0 Å². The molecule has 0 radical (unpaired) electrons. The van der Waals surface area contributed by atoms with E-state index in [-0.39, 0.29) is 10.1 Å². The maximum atomic E-state index is 12.8. The summed E-state index contributed by atoms with van der Waals surface area (Å²) in [7, 11) is -3.72. The Kier molecular flexibility index (Phi) is 5.31. The first-order valence-corrected chi connectivity index (χ1v) is 10.6. The molecule has 2 heterocycles. The van der Waals surface area contributed by atoms with Gasteiger partial charge in [-0.1, -0.05) is 33.6 Å². The van der Waals surface area contributed by atoms with Crippen LogP contribution in [0.15, 0.2) is 45.1 Å². The molecule has 1 amide bonds. The fourth-order valence-corrected chi connectivity index (χ4v) is 6.30. The van der Waals surface area contributed by atoms with Gasteiger partial charge in [0.15, 0.2) is 0 Å². The molecule has 0 spiro atoms. The normalized spacial score (nSPS) is 18.7. The van der Waals surface area contributed by atoms with Crippen molar-refractivity contribution in [3.8, 4) is 0 Å². The van der Waals surface area contributed by atoms with E-state index in [9.17, 15) is 13.2 Å². The Morgan fingerprint density at radius 1 is 1.33 bits per heavy atom. The lowest BCUT2D eigenvalue weighted by molar-refractivity contribution is -0.119. The van der Waals surface area contributed by atoms with Gasteiger partial charge in [-0.2, -0.15) is 4.31 Å². The van der Waals surface area contributed by atoms with Gasteiger partial charge >= 0.3 is 0 Å². The van der Waals surface area contributed by atoms with Gasteiger partial charge in [0.1, 0.15) is 10.3 Å². The Balaban J connectivity index is 1.81. The predicted molar refractivity (Wildman–Crippen MR) is 99.0 cm³/mol. The van der Waals surface area contributed by atoms with Crippen molar-refractivity contribution < 1.29 is 13.2 Å². The van der Waals surface area contributed by atoms with E-state index in [4.69, 9.17) is 11.6 Å². The Morgan fingerprint density at radius 2 is 2.12 bits per heavy atom. The summed E-state index contributed by atoms with van der Waals surface area (Å²) >= 11 is 10.2. The molecule has 128 valence electrons. The smallest absolute Gasteiger partial charge is 0.253 e. The van der Waals surface area contributed by atoms with Gasteiger partial charge in [-0.3, -0.25) is 4.79 Å². The molecule has 1 aromatic heterocycles. The lowest BCUT2D eigenvalue weighted by atomic mass is 10.2. The number of thiophene rings is 1. The second-order valence-corrected chi connectivity index (χ2v) is 10.1. The van der Waals surface area contributed by atoms with Gasteiger partial charge in [0.05, 0.1) is 4.34 Å². The molecule has 5 nitrogen and oxygen atoms in total. The molecule has 0 saturated carbocycles. The number of carbonyl (C=O) groups excluding carboxylic acids is 1. The van der Waals surface area contributed by atoms with Crippen LogP contribution in [0.5, 0.6) is 0 Å². The molecule has 1 fully saturated rings. The van der Waals surface area contributed by atoms with Crippen molar-refractivity contribution in [3.63, 3.8) is 0 Å². The maximum absolute atomic E-state index is 12.8. The minimum absolute atomic E-state index is 0.162. The minimum atomic E-state index is -3.72. The summed E-state index contributed by atoms with van der Waals surface area (Å²) in [6, 6.07) is 9.49. The second kappa shape index (κ2) is 7.13. The first kappa shape index (κ1) is 17.9. The number of nitrogens with one attached hydrogen (secondary N) is 1. The summed E-state index contributed by atoms with van der Waals surface area (Å²) in [5.74, 6) is -0.322. The topological polar surface area (TPSA) is 66.5 Å². The van der Waals surface area contributed by atoms with Crippen molar-refractivity contribution in [3.05, 3.63) is 45.2 Å². The molecule has 1 saturated heterocycles. The molecule has 1 unspecified atom stereocenters. The fourth-order valence-electron chi connectivity index (χ4n) is 2.63. The summed E-state index contributed by atoms with van der Waals surface area (Å²) in [5.41, 5.74) is 0.623. The molecule has 0 aliphatic carbocycles. The molecule has 0 bridgehead atoms. The molecule has 3 rings (SSSR count). The molecule has 1 aliphatic heterocycles. The zero-order valence-corrected chi connectivity index (χ0v) is 16.4. The van der Waals surface area contributed by atoms with Gasteiger partial charge in [0.2, 0.25) is 5.91 Å². The summed E-state index contributed by atoms with van der Waals surface area (Å²) in [6.07, 6.45) is 1.15. The molecule has 1 atom stereocenters. The van der Waals surface area contributed by atoms with E-state index in [1.807, 2.05) is 6.07 Å². The highest BCUT2D eigenvalue weighted by atomic mass is 79.9. The van der Waals surface area contributed by atoms with Crippen LogP contribution in [-0.2, 0) is 14.8 Å². The van der Waals surface area contributed by atoms with Crippen molar-refractivity contribution in [1.29, 1.82) is 0 Å². The van der Waals surface area contributed by atoms with E-state index < -0.39 is 16.1 Å². The summed E-state index contributed by atoms with van der Waals surface area (Å²) < 4.78 is 28.2. The number of nitrogens with zero attached hydrogens (tertiary/aromatic N) is 1. The van der Waals surface area contributed by atoms with Gasteiger partial charge in [-0.25, -0.2) is 8.42 Å². The van der Waals surface area contributed by atoms with E-state index in [1.54, 1.807) is 24.3 Å². The standard InChI is InChI=1S/C15H14BrClN2O3S2/c16-10-3-1-4-11(9-10)18-15(20)12-5-2-8-19(12)24(21,22)14-7-6-13(17)23-14/h1,3-4,6-7,9,12H,2,5,8H2,(H,18,20). The average Bonchev–Trinajstić information content (AvgIpc) is 3.16. The van der Waals surface area contributed by atoms with Crippen LogP contribution in [0.4, 0.5) is 5.69 Å².